The SMILES string of the molecule is CCc1cc(C)cc(OCC(=O)N/N=C/c2ccc(OCC(=O)N3CCOCC3)cc2)c1. The summed E-state index contributed by atoms with van der Waals surface area (Å²) in [5.74, 6) is 0.859. The molecule has 2 aromatic rings. The Balaban J connectivity index is 1.40. The first kappa shape index (κ1) is 23.3. The summed E-state index contributed by atoms with van der Waals surface area (Å²) in [6.45, 7) is 6.26. The van der Waals surface area contributed by atoms with Gasteiger partial charge < -0.3 is 19.1 Å². The Kier molecular flexibility index (Phi) is 8.62. The van der Waals surface area contributed by atoms with E-state index >= 15 is 0 Å². The van der Waals surface area contributed by atoms with E-state index in [0.717, 1.165) is 23.1 Å². The lowest BCUT2D eigenvalue weighted by molar-refractivity contribution is -0.137. The van der Waals surface area contributed by atoms with Crippen molar-refractivity contribution in [3.05, 3.63) is 59.2 Å². The van der Waals surface area contributed by atoms with Gasteiger partial charge in [0.15, 0.2) is 13.2 Å². The normalized spacial score (nSPS) is 13.8. The number of rotatable bonds is 9. The van der Waals surface area contributed by atoms with Crippen LogP contribution in [0.3, 0.4) is 0 Å². The second-order valence-corrected chi connectivity index (χ2v) is 7.44. The molecule has 1 saturated heterocycles. The molecule has 0 aliphatic carbocycles. The number of hydrogen-bond acceptors (Lipinski definition) is 6. The van der Waals surface area contributed by atoms with Gasteiger partial charge >= 0.3 is 0 Å². The average Bonchev–Trinajstić information content (AvgIpc) is 2.82. The van der Waals surface area contributed by atoms with Crippen LogP contribution in [-0.2, 0) is 20.7 Å². The van der Waals surface area contributed by atoms with E-state index in [0.29, 0.717) is 37.8 Å². The Labute approximate surface area is 188 Å². The van der Waals surface area contributed by atoms with E-state index in [-0.39, 0.29) is 25.0 Å². The standard InChI is InChI=1S/C24H29N3O5/c1-3-19-12-18(2)13-22(14-19)31-16-23(28)26-25-15-20-4-6-21(7-5-20)32-17-24(29)27-8-10-30-11-9-27/h4-7,12-15H,3,8-11,16-17H2,1-2H3,(H,26,28)/b25-15+. The Morgan fingerprint density at radius 2 is 1.78 bits per heavy atom. The molecule has 2 amide bonds. The Morgan fingerprint density at radius 1 is 1.06 bits per heavy atom. The van der Waals surface area contributed by atoms with Crippen LogP contribution in [-0.4, -0.2) is 62.4 Å². The maximum absolute atomic E-state index is 12.1. The molecule has 3 rings (SSSR count). The summed E-state index contributed by atoms with van der Waals surface area (Å²) >= 11 is 0. The summed E-state index contributed by atoms with van der Waals surface area (Å²) in [7, 11) is 0. The number of hydrazone groups is 1. The molecule has 8 nitrogen and oxygen atoms in total. The lowest BCUT2D eigenvalue weighted by atomic mass is 10.1. The molecule has 0 saturated carbocycles. The van der Waals surface area contributed by atoms with Gasteiger partial charge in [-0.25, -0.2) is 5.43 Å². The Hall–Kier alpha value is -3.39. The highest BCUT2D eigenvalue weighted by atomic mass is 16.5. The zero-order valence-corrected chi connectivity index (χ0v) is 18.5. The van der Waals surface area contributed by atoms with Gasteiger partial charge in [-0.05, 0) is 66.4 Å². The summed E-state index contributed by atoms with van der Waals surface area (Å²) < 4.78 is 16.4. The number of aryl methyl sites for hydroxylation is 2. The molecule has 0 atom stereocenters. The van der Waals surface area contributed by atoms with Crippen molar-refractivity contribution in [3.63, 3.8) is 0 Å². The smallest absolute Gasteiger partial charge is 0.277 e. The highest BCUT2D eigenvalue weighted by Gasteiger charge is 2.17. The monoisotopic (exact) mass is 439 g/mol. The maximum Gasteiger partial charge on any atom is 0.277 e. The number of hydrogen-bond donors (Lipinski definition) is 1. The molecule has 1 aliphatic heterocycles. The zero-order valence-electron chi connectivity index (χ0n) is 18.5. The Bertz CT molecular complexity index is 937. The third kappa shape index (κ3) is 7.39. The number of nitrogens with one attached hydrogen (secondary N) is 1. The molecular weight excluding hydrogens is 410 g/mol. The fraction of sp³-hybridized carbons (Fsp3) is 0.375. The van der Waals surface area contributed by atoms with Crippen LogP contribution >= 0.6 is 0 Å². The molecule has 1 fully saturated rings. The molecule has 0 radical (unpaired) electrons. The van der Waals surface area contributed by atoms with Crippen LogP contribution < -0.4 is 14.9 Å². The van der Waals surface area contributed by atoms with E-state index in [1.54, 1.807) is 29.2 Å². The summed E-state index contributed by atoms with van der Waals surface area (Å²) in [6.07, 6.45) is 2.44. The van der Waals surface area contributed by atoms with Crippen molar-refractivity contribution in [1.82, 2.24) is 10.3 Å². The van der Waals surface area contributed by atoms with Crippen molar-refractivity contribution in [1.29, 1.82) is 0 Å². The fourth-order valence-corrected chi connectivity index (χ4v) is 3.17. The van der Waals surface area contributed by atoms with Crippen molar-refractivity contribution in [2.24, 2.45) is 5.10 Å². The highest BCUT2D eigenvalue weighted by Crippen LogP contribution is 2.17. The first-order chi connectivity index (χ1) is 15.5. The molecule has 0 aromatic heterocycles. The van der Waals surface area contributed by atoms with Crippen molar-refractivity contribution in [3.8, 4) is 11.5 Å². The second-order valence-electron chi connectivity index (χ2n) is 7.44. The molecule has 170 valence electrons. The number of ether oxygens (including phenoxy) is 3. The van der Waals surface area contributed by atoms with E-state index < -0.39 is 0 Å². The van der Waals surface area contributed by atoms with E-state index in [2.05, 4.69) is 23.5 Å². The van der Waals surface area contributed by atoms with Gasteiger partial charge in [0.1, 0.15) is 11.5 Å². The fourth-order valence-electron chi connectivity index (χ4n) is 3.17. The van der Waals surface area contributed by atoms with Gasteiger partial charge in [-0.15, -0.1) is 0 Å². The predicted molar refractivity (Wildman–Crippen MR) is 121 cm³/mol. The molecule has 0 spiro atoms. The van der Waals surface area contributed by atoms with Gasteiger partial charge in [-0.1, -0.05) is 13.0 Å². The number of amides is 2. The molecule has 8 heteroatoms. The minimum Gasteiger partial charge on any atom is -0.484 e. The number of morpholine rings is 1. The molecule has 0 bridgehead atoms. The zero-order chi connectivity index (χ0) is 22.8. The topological polar surface area (TPSA) is 89.5 Å². The molecule has 2 aromatic carbocycles. The van der Waals surface area contributed by atoms with E-state index in [1.165, 1.54) is 6.21 Å². The van der Waals surface area contributed by atoms with E-state index in [9.17, 15) is 9.59 Å². The second kappa shape index (κ2) is 11.9. The minimum absolute atomic E-state index is 0.00974. The largest absolute Gasteiger partial charge is 0.484 e. The molecule has 0 unspecified atom stereocenters. The molecule has 1 N–H and O–H groups in total. The first-order valence-electron chi connectivity index (χ1n) is 10.7. The summed E-state index contributed by atoms with van der Waals surface area (Å²) in [5, 5.41) is 3.95. The maximum atomic E-state index is 12.1. The van der Waals surface area contributed by atoms with Gasteiger partial charge in [0.05, 0.1) is 19.4 Å². The third-order valence-corrected chi connectivity index (χ3v) is 4.90. The van der Waals surface area contributed by atoms with E-state index in [4.69, 9.17) is 14.2 Å². The third-order valence-electron chi connectivity index (χ3n) is 4.90. The number of carbonyl (C=O) groups excluding carboxylic acids is 2. The predicted octanol–water partition coefficient (Wildman–Crippen LogP) is 2.32. The van der Waals surface area contributed by atoms with Crippen LogP contribution in [0, 0.1) is 6.92 Å². The van der Waals surface area contributed by atoms with Crippen molar-refractivity contribution in [2.45, 2.75) is 20.3 Å². The van der Waals surface area contributed by atoms with Crippen LogP contribution in [0.15, 0.2) is 47.6 Å². The lowest BCUT2D eigenvalue weighted by Gasteiger charge is -2.26. The van der Waals surface area contributed by atoms with Crippen LogP contribution in [0.25, 0.3) is 0 Å². The number of benzene rings is 2. The molecule has 1 heterocycles. The summed E-state index contributed by atoms with van der Waals surface area (Å²) in [4.78, 5) is 25.8. The summed E-state index contributed by atoms with van der Waals surface area (Å²) in [6, 6.07) is 13.0. The average molecular weight is 440 g/mol. The van der Waals surface area contributed by atoms with Crippen LogP contribution in [0.5, 0.6) is 11.5 Å². The van der Waals surface area contributed by atoms with Crippen molar-refractivity contribution < 1.29 is 23.8 Å². The molecule has 32 heavy (non-hydrogen) atoms. The van der Waals surface area contributed by atoms with Crippen molar-refractivity contribution in [2.75, 3.05) is 39.5 Å². The van der Waals surface area contributed by atoms with Crippen LogP contribution in [0.2, 0.25) is 0 Å². The van der Waals surface area contributed by atoms with Crippen molar-refractivity contribution >= 4 is 18.0 Å². The quantitative estimate of drug-likeness (QED) is 0.479. The molecule has 1 aliphatic rings. The van der Waals surface area contributed by atoms with Gasteiger partial charge in [-0.3, -0.25) is 9.59 Å². The Morgan fingerprint density at radius 3 is 2.50 bits per heavy atom. The number of nitrogens with zero attached hydrogens (tertiary/aromatic N) is 2. The van der Waals surface area contributed by atoms with Crippen LogP contribution in [0.4, 0.5) is 0 Å². The van der Waals surface area contributed by atoms with Gasteiger partial charge in [0.25, 0.3) is 11.8 Å². The summed E-state index contributed by atoms with van der Waals surface area (Å²) in [5.41, 5.74) is 5.49. The van der Waals surface area contributed by atoms with Gasteiger partial charge in [0.2, 0.25) is 0 Å². The first-order valence-corrected chi connectivity index (χ1v) is 10.7. The highest BCUT2D eigenvalue weighted by molar-refractivity contribution is 5.83. The van der Waals surface area contributed by atoms with Gasteiger partial charge in [0, 0.05) is 13.1 Å². The lowest BCUT2D eigenvalue weighted by Crippen LogP contribution is -2.42. The van der Waals surface area contributed by atoms with Gasteiger partial charge in [-0.2, -0.15) is 5.10 Å². The molecular formula is C24H29N3O5. The van der Waals surface area contributed by atoms with E-state index in [1.807, 2.05) is 19.1 Å². The van der Waals surface area contributed by atoms with Crippen LogP contribution in [0.1, 0.15) is 23.6 Å². The minimum atomic E-state index is -0.345. The number of carbonyl (C=O) groups is 2.